The van der Waals surface area contributed by atoms with E-state index in [2.05, 4.69) is 15.1 Å². The molecule has 0 aliphatic rings. The van der Waals surface area contributed by atoms with Gasteiger partial charge in [-0.1, -0.05) is 0 Å². The lowest BCUT2D eigenvalue weighted by atomic mass is 10.2. The Labute approximate surface area is 116 Å². The zero-order chi connectivity index (χ0) is 14.1. The molecule has 0 amide bonds. The monoisotopic (exact) mass is 269 g/mol. The molecule has 0 saturated carbocycles. The van der Waals surface area contributed by atoms with Gasteiger partial charge in [-0.05, 0) is 32.0 Å². The molecule has 3 rings (SSSR count). The van der Waals surface area contributed by atoms with Crippen LogP contribution < -0.4 is 10.5 Å². The van der Waals surface area contributed by atoms with Crippen LogP contribution in [0.4, 0.5) is 5.69 Å². The highest BCUT2D eigenvalue weighted by Gasteiger charge is 2.09. The van der Waals surface area contributed by atoms with E-state index >= 15 is 0 Å². The fourth-order valence-electron chi connectivity index (χ4n) is 1.94. The number of aromatic nitrogens is 4. The first-order chi connectivity index (χ1) is 9.63. The number of rotatable bonds is 3. The largest absolute Gasteiger partial charge is 0.475 e. The minimum absolute atomic E-state index is 0.0581. The Morgan fingerprint density at radius 3 is 2.90 bits per heavy atom. The third-order valence-electron chi connectivity index (χ3n) is 2.76. The Bertz CT molecular complexity index is 750. The number of fused-ring (bicyclic) bond motifs is 1. The van der Waals surface area contributed by atoms with Gasteiger partial charge in [0, 0.05) is 23.3 Å². The van der Waals surface area contributed by atoms with Gasteiger partial charge in [-0.25, -0.2) is 4.98 Å². The predicted octanol–water partition coefficient (Wildman–Crippen LogP) is 2.18. The van der Waals surface area contributed by atoms with Crippen molar-refractivity contribution in [2.24, 2.45) is 0 Å². The fourth-order valence-corrected chi connectivity index (χ4v) is 1.94. The summed E-state index contributed by atoms with van der Waals surface area (Å²) < 4.78 is 7.22. The number of anilines is 1. The zero-order valence-corrected chi connectivity index (χ0v) is 11.3. The van der Waals surface area contributed by atoms with Gasteiger partial charge in [0.1, 0.15) is 0 Å². The van der Waals surface area contributed by atoms with E-state index in [9.17, 15) is 0 Å². The van der Waals surface area contributed by atoms with Crippen LogP contribution in [0.5, 0.6) is 5.88 Å². The van der Waals surface area contributed by atoms with Crippen LogP contribution in [0.15, 0.2) is 36.7 Å². The molecule has 3 aromatic rings. The summed E-state index contributed by atoms with van der Waals surface area (Å²) in [6, 6.07) is 7.33. The number of ether oxygens (including phenoxy) is 1. The molecule has 0 spiro atoms. The normalized spacial score (nSPS) is 11.2. The minimum Gasteiger partial charge on any atom is -0.475 e. The number of hydrogen-bond donors (Lipinski definition) is 1. The van der Waals surface area contributed by atoms with Gasteiger partial charge < -0.3 is 10.5 Å². The molecule has 6 nitrogen and oxygen atoms in total. The van der Waals surface area contributed by atoms with Crippen molar-refractivity contribution in [2.75, 3.05) is 5.73 Å². The Morgan fingerprint density at radius 1 is 1.25 bits per heavy atom. The van der Waals surface area contributed by atoms with E-state index in [4.69, 9.17) is 10.5 Å². The van der Waals surface area contributed by atoms with Gasteiger partial charge in [-0.15, -0.1) is 0 Å². The third kappa shape index (κ3) is 2.27. The molecule has 0 aliphatic heterocycles. The first-order valence-corrected chi connectivity index (χ1v) is 6.37. The molecule has 0 saturated heterocycles. The lowest BCUT2D eigenvalue weighted by molar-refractivity contribution is 0.232. The number of hydrogen-bond acceptors (Lipinski definition) is 5. The molecule has 0 bridgehead atoms. The summed E-state index contributed by atoms with van der Waals surface area (Å²) in [6.07, 6.45) is 3.47. The lowest BCUT2D eigenvalue weighted by Crippen LogP contribution is -2.09. The van der Waals surface area contributed by atoms with Crippen molar-refractivity contribution in [3.05, 3.63) is 36.7 Å². The van der Waals surface area contributed by atoms with Gasteiger partial charge in [0.15, 0.2) is 0 Å². The maximum Gasteiger partial charge on any atom is 0.254 e. The van der Waals surface area contributed by atoms with E-state index in [1.807, 2.05) is 32.0 Å². The quantitative estimate of drug-likeness (QED) is 0.737. The summed E-state index contributed by atoms with van der Waals surface area (Å²) in [7, 11) is 0. The Balaban J connectivity index is 2.08. The summed E-state index contributed by atoms with van der Waals surface area (Å²) in [4.78, 5) is 8.60. The molecule has 102 valence electrons. The smallest absolute Gasteiger partial charge is 0.254 e. The van der Waals surface area contributed by atoms with Gasteiger partial charge in [0.05, 0.1) is 17.8 Å². The van der Waals surface area contributed by atoms with E-state index in [-0.39, 0.29) is 6.10 Å². The maximum atomic E-state index is 5.82. The molecule has 0 fully saturated rings. The molecular formula is C14H15N5O. The standard InChI is InChI=1S/C14H15N5O/c1-9(2)20-13-5-6-16-14(18-13)19-12-7-11(15)4-3-10(12)8-17-19/h3-9H,15H2,1-2H3. The van der Waals surface area contributed by atoms with Crippen LogP contribution in [0.2, 0.25) is 0 Å². The highest BCUT2D eigenvalue weighted by atomic mass is 16.5. The molecule has 1 aromatic carbocycles. The average Bonchev–Trinajstić information content (AvgIpc) is 2.81. The number of nitrogens with two attached hydrogens (primary N) is 1. The Morgan fingerprint density at radius 2 is 2.10 bits per heavy atom. The molecule has 0 radical (unpaired) electrons. The van der Waals surface area contributed by atoms with Gasteiger partial charge >= 0.3 is 0 Å². The van der Waals surface area contributed by atoms with Crippen molar-refractivity contribution in [2.45, 2.75) is 20.0 Å². The van der Waals surface area contributed by atoms with E-state index in [0.717, 1.165) is 10.9 Å². The Kier molecular flexibility index (Phi) is 2.98. The van der Waals surface area contributed by atoms with Gasteiger partial charge in [0.2, 0.25) is 5.88 Å². The van der Waals surface area contributed by atoms with Gasteiger partial charge in [-0.2, -0.15) is 14.8 Å². The highest BCUT2D eigenvalue weighted by molar-refractivity contribution is 5.82. The van der Waals surface area contributed by atoms with Crippen molar-refractivity contribution in [3.8, 4) is 11.8 Å². The van der Waals surface area contributed by atoms with E-state index in [1.54, 1.807) is 23.1 Å². The summed E-state index contributed by atoms with van der Waals surface area (Å²) in [5.41, 5.74) is 7.36. The molecule has 0 atom stereocenters. The summed E-state index contributed by atoms with van der Waals surface area (Å²) in [5, 5.41) is 5.29. The second-order valence-corrected chi connectivity index (χ2v) is 4.74. The lowest BCUT2D eigenvalue weighted by Gasteiger charge is -2.09. The molecule has 0 aliphatic carbocycles. The molecule has 2 aromatic heterocycles. The Hall–Kier alpha value is -2.63. The van der Waals surface area contributed by atoms with Gasteiger partial charge in [0.25, 0.3) is 5.95 Å². The van der Waals surface area contributed by atoms with Crippen LogP contribution in [0, 0.1) is 0 Å². The molecule has 6 heteroatoms. The predicted molar refractivity (Wildman–Crippen MR) is 76.8 cm³/mol. The SMILES string of the molecule is CC(C)Oc1ccnc(-n2ncc3ccc(N)cc32)n1. The first-order valence-electron chi connectivity index (χ1n) is 6.37. The minimum atomic E-state index is 0.0581. The summed E-state index contributed by atoms with van der Waals surface area (Å²) in [6.45, 7) is 3.90. The van der Waals surface area contributed by atoms with Crippen LogP contribution >= 0.6 is 0 Å². The topological polar surface area (TPSA) is 78.8 Å². The average molecular weight is 269 g/mol. The van der Waals surface area contributed by atoms with Crippen molar-refractivity contribution >= 4 is 16.6 Å². The number of nitrogen functional groups attached to an aromatic ring is 1. The van der Waals surface area contributed by atoms with Crippen LogP contribution in [-0.2, 0) is 0 Å². The maximum absolute atomic E-state index is 5.82. The molecular weight excluding hydrogens is 254 g/mol. The first kappa shape index (κ1) is 12.4. The van der Waals surface area contributed by atoms with Crippen molar-refractivity contribution in [3.63, 3.8) is 0 Å². The van der Waals surface area contributed by atoms with Crippen LogP contribution in [-0.4, -0.2) is 25.9 Å². The molecule has 2 heterocycles. The second kappa shape index (κ2) is 4.80. The van der Waals surface area contributed by atoms with E-state index in [0.29, 0.717) is 17.5 Å². The van der Waals surface area contributed by atoms with Gasteiger partial charge in [-0.3, -0.25) is 0 Å². The third-order valence-corrected chi connectivity index (χ3v) is 2.76. The summed E-state index contributed by atoms with van der Waals surface area (Å²) in [5.74, 6) is 0.987. The van der Waals surface area contributed by atoms with Crippen molar-refractivity contribution < 1.29 is 4.74 Å². The fraction of sp³-hybridized carbons (Fsp3) is 0.214. The number of benzene rings is 1. The molecule has 20 heavy (non-hydrogen) atoms. The van der Waals surface area contributed by atoms with E-state index in [1.165, 1.54) is 0 Å². The summed E-state index contributed by atoms with van der Waals surface area (Å²) >= 11 is 0. The highest BCUT2D eigenvalue weighted by Crippen LogP contribution is 2.20. The number of nitrogens with zero attached hydrogens (tertiary/aromatic N) is 4. The zero-order valence-electron chi connectivity index (χ0n) is 11.3. The van der Waals surface area contributed by atoms with E-state index < -0.39 is 0 Å². The molecule has 0 unspecified atom stereocenters. The second-order valence-electron chi connectivity index (χ2n) is 4.74. The van der Waals surface area contributed by atoms with Crippen LogP contribution in [0.3, 0.4) is 0 Å². The van der Waals surface area contributed by atoms with Crippen molar-refractivity contribution in [1.82, 2.24) is 19.7 Å². The van der Waals surface area contributed by atoms with Crippen LogP contribution in [0.1, 0.15) is 13.8 Å². The molecule has 2 N–H and O–H groups in total. The van der Waals surface area contributed by atoms with Crippen molar-refractivity contribution in [1.29, 1.82) is 0 Å². The van der Waals surface area contributed by atoms with Crippen LogP contribution in [0.25, 0.3) is 16.9 Å².